The van der Waals surface area contributed by atoms with Gasteiger partial charge in [0.05, 0.1) is 0 Å². The van der Waals surface area contributed by atoms with E-state index in [0.717, 1.165) is 10.9 Å². The molecule has 1 saturated carbocycles. The van der Waals surface area contributed by atoms with Crippen molar-refractivity contribution in [2.75, 3.05) is 0 Å². The van der Waals surface area contributed by atoms with Gasteiger partial charge in [-0.25, -0.2) is 0 Å². The average molecular weight is 331 g/mol. The molecule has 0 aliphatic heterocycles. The van der Waals surface area contributed by atoms with Gasteiger partial charge in [0.25, 0.3) is 0 Å². The van der Waals surface area contributed by atoms with Crippen molar-refractivity contribution in [1.82, 2.24) is 5.43 Å². The first-order valence-electron chi connectivity index (χ1n) is 7.01. The molecule has 0 spiro atoms. The van der Waals surface area contributed by atoms with Gasteiger partial charge in [0.1, 0.15) is 0 Å². The predicted molar refractivity (Wildman–Crippen MR) is 86.3 cm³/mol. The van der Waals surface area contributed by atoms with Crippen LogP contribution in [-0.4, -0.2) is 6.04 Å². The Kier molecular flexibility index (Phi) is 3.92. The molecule has 1 unspecified atom stereocenters. The van der Waals surface area contributed by atoms with E-state index < -0.39 is 0 Å². The molecule has 1 aliphatic carbocycles. The molecule has 0 radical (unpaired) electrons. The van der Waals surface area contributed by atoms with E-state index in [-0.39, 0.29) is 11.5 Å². The summed E-state index contributed by atoms with van der Waals surface area (Å²) in [6, 6.07) is 19.4. The number of rotatable bonds is 5. The molecule has 3 N–H and O–H groups in total. The van der Waals surface area contributed by atoms with Crippen LogP contribution >= 0.6 is 15.9 Å². The minimum atomic E-state index is 0.200. The summed E-state index contributed by atoms with van der Waals surface area (Å²) in [6.07, 6.45) is 3.35. The first kappa shape index (κ1) is 13.8. The van der Waals surface area contributed by atoms with Crippen LogP contribution in [0, 0.1) is 0 Å². The van der Waals surface area contributed by atoms with E-state index in [1.165, 1.54) is 24.0 Å². The molecule has 0 aromatic heterocycles. The fourth-order valence-electron chi connectivity index (χ4n) is 3.04. The topological polar surface area (TPSA) is 38.0 Å². The van der Waals surface area contributed by atoms with Gasteiger partial charge in [0.2, 0.25) is 0 Å². The lowest BCUT2D eigenvalue weighted by molar-refractivity contribution is 0.420. The van der Waals surface area contributed by atoms with Crippen LogP contribution < -0.4 is 11.3 Å². The Morgan fingerprint density at radius 1 is 1.05 bits per heavy atom. The lowest BCUT2D eigenvalue weighted by Gasteiger charge is -2.27. The summed E-state index contributed by atoms with van der Waals surface area (Å²) in [5, 5.41) is 0. The Labute approximate surface area is 128 Å². The van der Waals surface area contributed by atoms with Crippen molar-refractivity contribution < 1.29 is 0 Å². The van der Waals surface area contributed by atoms with E-state index in [1.807, 2.05) is 6.07 Å². The van der Waals surface area contributed by atoms with E-state index in [9.17, 15) is 0 Å². The minimum Gasteiger partial charge on any atom is -0.271 e. The number of benzene rings is 2. The fourth-order valence-corrected chi connectivity index (χ4v) is 3.49. The van der Waals surface area contributed by atoms with Crippen LogP contribution in [0.2, 0.25) is 0 Å². The summed E-state index contributed by atoms with van der Waals surface area (Å²) in [6.45, 7) is 0. The first-order valence-corrected chi connectivity index (χ1v) is 7.80. The van der Waals surface area contributed by atoms with E-state index in [4.69, 9.17) is 5.84 Å². The molecule has 0 saturated heterocycles. The Balaban J connectivity index is 1.86. The maximum atomic E-state index is 5.87. The Morgan fingerprint density at radius 3 is 2.30 bits per heavy atom. The maximum absolute atomic E-state index is 5.87. The smallest absolute Gasteiger partial charge is 0.0348 e. The van der Waals surface area contributed by atoms with Gasteiger partial charge >= 0.3 is 0 Å². The lowest BCUT2D eigenvalue weighted by Crippen LogP contribution is -2.45. The van der Waals surface area contributed by atoms with E-state index in [1.54, 1.807) is 0 Å². The van der Waals surface area contributed by atoms with Crippen molar-refractivity contribution in [3.8, 4) is 0 Å². The number of nitrogens with two attached hydrogens (primary N) is 1. The van der Waals surface area contributed by atoms with Crippen LogP contribution in [0.25, 0.3) is 0 Å². The number of hydrogen-bond donors (Lipinski definition) is 2. The highest BCUT2D eigenvalue weighted by Crippen LogP contribution is 2.51. The van der Waals surface area contributed by atoms with E-state index >= 15 is 0 Å². The second-order valence-electron chi connectivity index (χ2n) is 5.54. The molecule has 3 rings (SSSR count). The van der Waals surface area contributed by atoms with Crippen LogP contribution in [0.1, 0.15) is 24.0 Å². The third-order valence-electron chi connectivity index (χ3n) is 4.39. The highest BCUT2D eigenvalue weighted by molar-refractivity contribution is 9.10. The summed E-state index contributed by atoms with van der Waals surface area (Å²) in [5.41, 5.74) is 5.96. The van der Waals surface area contributed by atoms with Crippen LogP contribution in [0.4, 0.5) is 0 Å². The molecular weight excluding hydrogens is 312 g/mol. The third-order valence-corrected chi connectivity index (χ3v) is 5.16. The van der Waals surface area contributed by atoms with Crippen LogP contribution in [0.15, 0.2) is 59.1 Å². The highest BCUT2D eigenvalue weighted by Gasteiger charge is 2.50. The molecule has 3 heteroatoms. The zero-order valence-electron chi connectivity index (χ0n) is 11.4. The number of halogens is 1. The SMILES string of the molecule is NNC(Cc1ccccc1Br)C1(c2ccccc2)CC1. The van der Waals surface area contributed by atoms with E-state index in [2.05, 4.69) is 69.9 Å². The molecule has 2 aromatic carbocycles. The fraction of sp³-hybridized carbons (Fsp3) is 0.294. The molecule has 20 heavy (non-hydrogen) atoms. The quantitative estimate of drug-likeness (QED) is 0.649. The van der Waals surface area contributed by atoms with Crippen molar-refractivity contribution in [3.63, 3.8) is 0 Å². The number of hydrazine groups is 1. The first-order chi connectivity index (χ1) is 9.76. The van der Waals surface area contributed by atoms with Crippen LogP contribution in [0.3, 0.4) is 0 Å². The van der Waals surface area contributed by atoms with Crippen molar-refractivity contribution in [3.05, 3.63) is 70.2 Å². The Hall–Kier alpha value is -1.16. The largest absolute Gasteiger partial charge is 0.271 e. The third kappa shape index (κ3) is 2.53. The summed E-state index contributed by atoms with van der Waals surface area (Å²) >= 11 is 3.63. The Bertz CT molecular complexity index is 579. The molecule has 2 aromatic rings. The summed E-state index contributed by atoms with van der Waals surface area (Å²) in [5.74, 6) is 5.87. The van der Waals surface area contributed by atoms with Gasteiger partial charge in [-0.05, 0) is 36.5 Å². The second kappa shape index (κ2) is 5.68. The van der Waals surface area contributed by atoms with Gasteiger partial charge in [-0.1, -0.05) is 64.5 Å². The zero-order chi connectivity index (χ0) is 14.0. The molecule has 0 amide bonds. The van der Waals surface area contributed by atoms with Crippen molar-refractivity contribution in [2.45, 2.75) is 30.7 Å². The number of nitrogens with one attached hydrogen (secondary N) is 1. The lowest BCUT2D eigenvalue weighted by atomic mass is 9.85. The molecule has 0 bridgehead atoms. The molecular formula is C17H19BrN2. The average Bonchev–Trinajstić information content (AvgIpc) is 3.29. The normalized spacial score (nSPS) is 17.7. The summed E-state index contributed by atoms with van der Waals surface area (Å²) < 4.78 is 1.16. The zero-order valence-corrected chi connectivity index (χ0v) is 12.9. The maximum Gasteiger partial charge on any atom is 0.0348 e. The number of hydrogen-bond acceptors (Lipinski definition) is 2. The van der Waals surface area contributed by atoms with Gasteiger partial charge in [-0.2, -0.15) is 0 Å². The molecule has 104 valence electrons. The predicted octanol–water partition coefficient (Wildman–Crippen LogP) is 3.56. The molecule has 0 heterocycles. The monoisotopic (exact) mass is 330 g/mol. The molecule has 2 nitrogen and oxygen atoms in total. The van der Waals surface area contributed by atoms with Crippen molar-refractivity contribution in [1.29, 1.82) is 0 Å². The van der Waals surface area contributed by atoms with Gasteiger partial charge in [0.15, 0.2) is 0 Å². The van der Waals surface area contributed by atoms with Crippen LogP contribution in [-0.2, 0) is 11.8 Å². The van der Waals surface area contributed by atoms with Gasteiger partial charge in [-0.15, -0.1) is 0 Å². The van der Waals surface area contributed by atoms with Gasteiger partial charge in [-0.3, -0.25) is 11.3 Å². The van der Waals surface area contributed by atoms with Crippen LogP contribution in [0.5, 0.6) is 0 Å². The molecule has 1 atom stereocenters. The van der Waals surface area contributed by atoms with Crippen molar-refractivity contribution in [2.24, 2.45) is 5.84 Å². The minimum absolute atomic E-state index is 0.200. The van der Waals surface area contributed by atoms with Crippen molar-refractivity contribution >= 4 is 15.9 Å². The molecule has 1 fully saturated rings. The standard InChI is InChI=1S/C17H19BrN2/c18-15-9-5-4-6-13(15)12-16(20-19)17(10-11-17)14-7-2-1-3-8-14/h1-9,16,20H,10-12,19H2. The summed E-state index contributed by atoms with van der Waals surface area (Å²) in [7, 11) is 0. The van der Waals surface area contributed by atoms with E-state index in [0.29, 0.717) is 0 Å². The van der Waals surface area contributed by atoms with Gasteiger partial charge < -0.3 is 0 Å². The summed E-state index contributed by atoms with van der Waals surface area (Å²) in [4.78, 5) is 0. The Morgan fingerprint density at radius 2 is 1.70 bits per heavy atom. The second-order valence-corrected chi connectivity index (χ2v) is 6.39. The molecule has 1 aliphatic rings. The van der Waals surface area contributed by atoms with Gasteiger partial charge in [0, 0.05) is 15.9 Å². The highest BCUT2D eigenvalue weighted by atomic mass is 79.9.